The van der Waals surface area contributed by atoms with Crippen LogP contribution in [-0.4, -0.2) is 68.4 Å². The molecule has 4 rings (SSSR count). The average Bonchev–Trinajstić information content (AvgIpc) is 3.25. The van der Waals surface area contributed by atoms with Crippen molar-refractivity contribution in [1.82, 2.24) is 9.88 Å². The molecule has 0 aliphatic carbocycles. The van der Waals surface area contributed by atoms with Crippen LogP contribution in [0.15, 0.2) is 30.3 Å². The van der Waals surface area contributed by atoms with Gasteiger partial charge in [-0.25, -0.2) is 13.8 Å². The topological polar surface area (TPSA) is 64.1 Å². The highest BCUT2D eigenvalue weighted by Crippen LogP contribution is 2.33. The minimum Gasteiger partial charge on any atom is -0.490 e. The van der Waals surface area contributed by atoms with Crippen LogP contribution in [-0.2, 0) is 4.74 Å². The van der Waals surface area contributed by atoms with E-state index in [2.05, 4.69) is 9.88 Å². The molecule has 2 aromatic carbocycles. The molecule has 0 bridgehead atoms. The van der Waals surface area contributed by atoms with Gasteiger partial charge >= 0.3 is 0 Å². The largest absolute Gasteiger partial charge is 0.490 e. The van der Waals surface area contributed by atoms with E-state index in [0.717, 1.165) is 30.5 Å². The maximum absolute atomic E-state index is 14.3. The van der Waals surface area contributed by atoms with E-state index in [1.165, 1.54) is 11.0 Å². The van der Waals surface area contributed by atoms with Crippen LogP contribution in [0.5, 0.6) is 11.5 Å². The first-order valence-corrected chi connectivity index (χ1v) is 12.1. The van der Waals surface area contributed by atoms with E-state index < -0.39 is 11.6 Å². The van der Waals surface area contributed by atoms with Crippen molar-refractivity contribution in [3.05, 3.63) is 47.5 Å². The van der Waals surface area contributed by atoms with Crippen LogP contribution in [0.25, 0.3) is 10.2 Å². The fourth-order valence-electron chi connectivity index (χ4n) is 3.75. The van der Waals surface area contributed by atoms with E-state index in [-0.39, 0.29) is 11.4 Å². The van der Waals surface area contributed by atoms with Crippen LogP contribution in [0, 0.1) is 11.6 Å². The number of hydrogen-bond acceptors (Lipinski definition) is 7. The highest BCUT2D eigenvalue weighted by atomic mass is 32.1. The lowest BCUT2D eigenvalue weighted by Crippen LogP contribution is -2.43. The number of carbonyl (C=O) groups excluding carboxylic acids is 1. The monoisotopic (exact) mass is 491 g/mol. The summed E-state index contributed by atoms with van der Waals surface area (Å²) in [6.07, 6.45) is 0. The first kappa shape index (κ1) is 24.3. The smallest absolute Gasteiger partial charge is 0.260 e. The van der Waals surface area contributed by atoms with Crippen molar-refractivity contribution in [3.8, 4) is 11.5 Å². The molecule has 3 aromatic rings. The number of amides is 1. The Labute approximate surface area is 200 Å². The number of aromatic nitrogens is 1. The number of ether oxygens (including phenoxy) is 3. The summed E-state index contributed by atoms with van der Waals surface area (Å²) in [6.45, 7) is 8.33. The lowest BCUT2D eigenvalue weighted by atomic mass is 10.1. The summed E-state index contributed by atoms with van der Waals surface area (Å²) < 4.78 is 45.1. The number of anilines is 1. The molecule has 0 atom stereocenters. The van der Waals surface area contributed by atoms with E-state index in [0.29, 0.717) is 66.4 Å². The minimum atomic E-state index is -0.752. The summed E-state index contributed by atoms with van der Waals surface area (Å²) >= 11 is 1.08. The second-order valence-electron chi connectivity index (χ2n) is 7.67. The number of carbonyl (C=O) groups is 1. The predicted molar refractivity (Wildman–Crippen MR) is 127 cm³/mol. The van der Waals surface area contributed by atoms with Gasteiger partial charge in [-0.15, -0.1) is 0 Å². The predicted octanol–water partition coefficient (Wildman–Crippen LogP) is 4.35. The fourth-order valence-corrected chi connectivity index (χ4v) is 4.78. The van der Waals surface area contributed by atoms with Gasteiger partial charge in [0.25, 0.3) is 5.91 Å². The van der Waals surface area contributed by atoms with E-state index in [9.17, 15) is 13.6 Å². The summed E-state index contributed by atoms with van der Waals surface area (Å²) in [5, 5.41) is 0.310. The molecule has 34 heavy (non-hydrogen) atoms. The van der Waals surface area contributed by atoms with Gasteiger partial charge in [0.1, 0.15) is 11.3 Å². The first-order valence-electron chi connectivity index (χ1n) is 11.3. The number of fused-ring (bicyclic) bond motifs is 1. The van der Waals surface area contributed by atoms with E-state index in [1.807, 2.05) is 13.8 Å². The molecule has 182 valence electrons. The lowest BCUT2D eigenvalue weighted by Gasteiger charge is -2.29. The van der Waals surface area contributed by atoms with Gasteiger partial charge in [-0.2, -0.15) is 0 Å². The normalized spacial score (nSPS) is 14.4. The van der Waals surface area contributed by atoms with Crippen molar-refractivity contribution in [2.75, 3.05) is 57.5 Å². The Balaban J connectivity index is 1.68. The van der Waals surface area contributed by atoms with E-state index >= 15 is 0 Å². The van der Waals surface area contributed by atoms with Gasteiger partial charge in [0.05, 0.1) is 31.1 Å². The summed E-state index contributed by atoms with van der Waals surface area (Å²) in [6, 6.07) is 7.05. The molecule has 1 aliphatic heterocycles. The summed E-state index contributed by atoms with van der Waals surface area (Å²) in [5.41, 5.74) is 0.437. The van der Waals surface area contributed by atoms with Crippen LogP contribution >= 0.6 is 11.3 Å². The number of hydrogen-bond donors (Lipinski definition) is 0. The molecule has 1 saturated heterocycles. The Kier molecular flexibility index (Phi) is 7.91. The van der Waals surface area contributed by atoms with Crippen molar-refractivity contribution in [2.45, 2.75) is 13.8 Å². The minimum absolute atomic E-state index is 0.0484. The number of nitrogens with zero attached hydrogens (tertiary/aromatic N) is 3. The van der Waals surface area contributed by atoms with Crippen LogP contribution in [0.3, 0.4) is 0 Å². The van der Waals surface area contributed by atoms with Crippen molar-refractivity contribution >= 4 is 32.6 Å². The molecular formula is C24H27F2N3O4S. The number of thiazole rings is 1. The Hall–Kier alpha value is -2.82. The SMILES string of the molecule is CCOc1ccc(C(=O)N(CCN2CCOCC2)c2nc3c(F)cc(F)cc3s2)cc1OCC. The van der Waals surface area contributed by atoms with Gasteiger partial charge in [0.2, 0.25) is 0 Å². The third kappa shape index (κ3) is 5.45. The highest BCUT2D eigenvalue weighted by Gasteiger charge is 2.25. The molecule has 0 N–H and O–H groups in total. The van der Waals surface area contributed by atoms with Crippen molar-refractivity contribution in [2.24, 2.45) is 0 Å². The molecule has 1 aliphatic rings. The standard InChI is InChI=1S/C24H27F2N3O4S/c1-3-32-19-6-5-16(13-20(19)33-4-2)23(30)29(8-7-28-9-11-31-12-10-28)24-27-22-18(26)14-17(25)15-21(22)34-24/h5-6,13-15H,3-4,7-12H2,1-2H3. The van der Waals surface area contributed by atoms with Gasteiger partial charge in [0.15, 0.2) is 22.4 Å². The average molecular weight is 492 g/mol. The van der Waals surface area contributed by atoms with Gasteiger partial charge < -0.3 is 14.2 Å². The Morgan fingerprint density at radius 3 is 2.59 bits per heavy atom. The Bertz CT molecular complexity index is 1150. The zero-order valence-electron chi connectivity index (χ0n) is 19.2. The van der Waals surface area contributed by atoms with Crippen LogP contribution < -0.4 is 14.4 Å². The number of rotatable bonds is 9. The van der Waals surface area contributed by atoms with Crippen LogP contribution in [0.1, 0.15) is 24.2 Å². The number of halogens is 2. The van der Waals surface area contributed by atoms with Crippen LogP contribution in [0.4, 0.5) is 13.9 Å². The second kappa shape index (κ2) is 11.1. The zero-order chi connectivity index (χ0) is 24.1. The molecule has 10 heteroatoms. The van der Waals surface area contributed by atoms with Gasteiger partial charge in [0, 0.05) is 37.8 Å². The third-order valence-electron chi connectivity index (χ3n) is 5.41. The van der Waals surface area contributed by atoms with Crippen LogP contribution in [0.2, 0.25) is 0 Å². The highest BCUT2D eigenvalue weighted by molar-refractivity contribution is 7.22. The Morgan fingerprint density at radius 1 is 1.12 bits per heavy atom. The molecule has 0 saturated carbocycles. The van der Waals surface area contributed by atoms with Gasteiger partial charge in [-0.3, -0.25) is 14.6 Å². The molecule has 1 aromatic heterocycles. The molecule has 0 radical (unpaired) electrons. The van der Waals surface area contributed by atoms with Crippen molar-refractivity contribution in [1.29, 1.82) is 0 Å². The Morgan fingerprint density at radius 2 is 1.85 bits per heavy atom. The molecule has 1 fully saturated rings. The quantitative estimate of drug-likeness (QED) is 0.444. The van der Waals surface area contributed by atoms with Gasteiger partial charge in [-0.05, 0) is 38.1 Å². The molecular weight excluding hydrogens is 464 g/mol. The molecule has 1 amide bonds. The lowest BCUT2D eigenvalue weighted by molar-refractivity contribution is 0.0391. The molecule has 0 spiro atoms. The van der Waals surface area contributed by atoms with Crippen molar-refractivity contribution in [3.63, 3.8) is 0 Å². The maximum Gasteiger partial charge on any atom is 0.260 e. The third-order valence-corrected chi connectivity index (χ3v) is 6.44. The second-order valence-corrected chi connectivity index (χ2v) is 8.68. The van der Waals surface area contributed by atoms with E-state index in [4.69, 9.17) is 14.2 Å². The summed E-state index contributed by atoms with van der Waals surface area (Å²) in [7, 11) is 0. The van der Waals surface area contributed by atoms with Gasteiger partial charge in [-0.1, -0.05) is 11.3 Å². The van der Waals surface area contributed by atoms with Crippen molar-refractivity contribution < 1.29 is 27.8 Å². The maximum atomic E-state index is 14.3. The first-order chi connectivity index (χ1) is 16.5. The number of benzene rings is 2. The number of morpholine rings is 1. The molecule has 7 nitrogen and oxygen atoms in total. The fraction of sp³-hybridized carbons (Fsp3) is 0.417. The molecule has 0 unspecified atom stereocenters. The summed E-state index contributed by atoms with van der Waals surface area (Å²) in [5.74, 6) is -0.715. The van der Waals surface area contributed by atoms with E-state index in [1.54, 1.807) is 18.2 Å². The molecule has 2 heterocycles. The zero-order valence-corrected chi connectivity index (χ0v) is 20.0. The summed E-state index contributed by atoms with van der Waals surface area (Å²) in [4.78, 5) is 21.7.